The van der Waals surface area contributed by atoms with Crippen molar-refractivity contribution in [2.24, 2.45) is 5.92 Å². The second-order valence-corrected chi connectivity index (χ2v) is 7.44. The maximum Gasteiger partial charge on any atom is 0.279 e. The van der Waals surface area contributed by atoms with Crippen LogP contribution in [0.3, 0.4) is 0 Å². The molecule has 0 saturated carbocycles. The molecule has 4 N–H and O–H groups in total. The molecule has 26 heavy (non-hydrogen) atoms. The first-order chi connectivity index (χ1) is 12.4. The lowest BCUT2D eigenvalue weighted by Crippen LogP contribution is -3.28. The summed E-state index contributed by atoms with van der Waals surface area (Å²) in [6.07, 6.45) is 1.00. The number of amides is 2. The van der Waals surface area contributed by atoms with Gasteiger partial charge in [0.15, 0.2) is 13.1 Å². The van der Waals surface area contributed by atoms with Gasteiger partial charge in [0.2, 0.25) is 0 Å². The Hall–Kier alpha value is -1.99. The first kappa shape index (κ1) is 20.3. The fourth-order valence-electron chi connectivity index (χ4n) is 3.07. The standard InChI is InChI=1S/C19H29FN4O2/c1-15(2)7-8-21-18(25)13-23-9-11-24(12-10-23)14-19(26)22-17-5-3-16(20)4-6-17/h3-6,15H,7-14H2,1-2H3,(H,21,25)(H,22,26)/p+2. The monoisotopic (exact) mass is 366 g/mol. The first-order valence-corrected chi connectivity index (χ1v) is 9.41. The average Bonchev–Trinajstić information content (AvgIpc) is 2.58. The molecule has 1 aromatic carbocycles. The molecular formula is C19H31FN4O2+2. The Morgan fingerprint density at radius 3 is 2.08 bits per heavy atom. The highest BCUT2D eigenvalue weighted by atomic mass is 19.1. The molecule has 1 aliphatic heterocycles. The lowest BCUT2D eigenvalue weighted by atomic mass is 10.1. The number of carbonyl (C=O) groups excluding carboxylic acids is 2. The molecule has 0 atom stereocenters. The van der Waals surface area contributed by atoms with Crippen molar-refractivity contribution in [3.63, 3.8) is 0 Å². The molecule has 1 fully saturated rings. The minimum absolute atomic E-state index is 0.0681. The third kappa shape index (κ3) is 7.49. The molecular weight excluding hydrogens is 335 g/mol. The van der Waals surface area contributed by atoms with Gasteiger partial charge in [-0.2, -0.15) is 0 Å². The largest absolute Gasteiger partial charge is 0.351 e. The second kappa shape index (κ2) is 10.2. The van der Waals surface area contributed by atoms with Gasteiger partial charge >= 0.3 is 0 Å². The van der Waals surface area contributed by atoms with E-state index < -0.39 is 0 Å². The van der Waals surface area contributed by atoms with Crippen LogP contribution < -0.4 is 20.4 Å². The predicted octanol–water partition coefficient (Wildman–Crippen LogP) is -1.29. The second-order valence-electron chi connectivity index (χ2n) is 7.44. The SMILES string of the molecule is CC(C)CCNC(=O)C[NH+]1CC[NH+](CC(=O)Nc2ccc(F)cc2)CC1. The summed E-state index contributed by atoms with van der Waals surface area (Å²) < 4.78 is 12.9. The maximum absolute atomic E-state index is 12.9. The third-order valence-electron chi connectivity index (χ3n) is 4.66. The van der Waals surface area contributed by atoms with E-state index in [1.54, 1.807) is 12.1 Å². The van der Waals surface area contributed by atoms with E-state index in [1.165, 1.54) is 21.9 Å². The zero-order valence-electron chi connectivity index (χ0n) is 15.7. The smallest absolute Gasteiger partial charge is 0.279 e. The van der Waals surface area contributed by atoms with E-state index in [-0.39, 0.29) is 17.6 Å². The summed E-state index contributed by atoms with van der Waals surface area (Å²) in [5.41, 5.74) is 0.609. The Balaban J connectivity index is 1.64. The summed E-state index contributed by atoms with van der Waals surface area (Å²) in [7, 11) is 0. The molecule has 0 spiro atoms. The van der Waals surface area contributed by atoms with Crippen molar-refractivity contribution in [3.8, 4) is 0 Å². The molecule has 2 rings (SSSR count). The lowest BCUT2D eigenvalue weighted by Gasteiger charge is -2.29. The molecule has 1 aromatic rings. The number of carbonyl (C=O) groups is 2. The Morgan fingerprint density at radius 2 is 1.54 bits per heavy atom. The van der Waals surface area contributed by atoms with Crippen LogP contribution in [0.25, 0.3) is 0 Å². The van der Waals surface area contributed by atoms with Crippen LogP contribution in [0.4, 0.5) is 10.1 Å². The van der Waals surface area contributed by atoms with E-state index in [4.69, 9.17) is 0 Å². The van der Waals surface area contributed by atoms with Gasteiger partial charge in [-0.25, -0.2) is 4.39 Å². The molecule has 144 valence electrons. The highest BCUT2D eigenvalue weighted by Crippen LogP contribution is 2.07. The van der Waals surface area contributed by atoms with Crippen LogP contribution in [0, 0.1) is 11.7 Å². The predicted molar refractivity (Wildman–Crippen MR) is 98.6 cm³/mol. The van der Waals surface area contributed by atoms with E-state index in [0.717, 1.165) is 39.1 Å². The molecule has 1 saturated heterocycles. The van der Waals surface area contributed by atoms with Crippen molar-refractivity contribution >= 4 is 17.5 Å². The van der Waals surface area contributed by atoms with Crippen molar-refractivity contribution in [3.05, 3.63) is 30.1 Å². The van der Waals surface area contributed by atoms with E-state index in [0.29, 0.717) is 24.7 Å². The minimum Gasteiger partial charge on any atom is -0.351 e. The Bertz CT molecular complexity index is 584. The summed E-state index contributed by atoms with van der Waals surface area (Å²) in [5, 5.41) is 5.77. The zero-order valence-corrected chi connectivity index (χ0v) is 15.7. The van der Waals surface area contributed by atoms with Crippen molar-refractivity contribution in [1.82, 2.24) is 5.32 Å². The van der Waals surface area contributed by atoms with Gasteiger partial charge in [0.25, 0.3) is 11.8 Å². The highest BCUT2D eigenvalue weighted by molar-refractivity contribution is 5.91. The fraction of sp³-hybridized carbons (Fsp3) is 0.579. The average molecular weight is 366 g/mol. The number of rotatable bonds is 8. The number of quaternary nitrogens is 2. The molecule has 0 radical (unpaired) electrons. The molecule has 1 aliphatic rings. The van der Waals surface area contributed by atoms with Gasteiger partial charge in [-0.3, -0.25) is 9.59 Å². The van der Waals surface area contributed by atoms with E-state index >= 15 is 0 Å². The van der Waals surface area contributed by atoms with E-state index in [1.807, 2.05) is 0 Å². The molecule has 6 nitrogen and oxygen atoms in total. The Kier molecular flexibility index (Phi) is 8.00. The number of piperazine rings is 1. The van der Waals surface area contributed by atoms with Gasteiger partial charge in [-0.05, 0) is 36.6 Å². The number of benzene rings is 1. The van der Waals surface area contributed by atoms with Crippen LogP contribution in [-0.4, -0.2) is 57.6 Å². The van der Waals surface area contributed by atoms with Crippen molar-refractivity contribution in [2.45, 2.75) is 20.3 Å². The van der Waals surface area contributed by atoms with Gasteiger partial charge in [0.05, 0.1) is 0 Å². The van der Waals surface area contributed by atoms with Gasteiger partial charge in [-0.15, -0.1) is 0 Å². The van der Waals surface area contributed by atoms with Crippen LogP contribution in [-0.2, 0) is 9.59 Å². The molecule has 1 heterocycles. The number of nitrogens with one attached hydrogen (secondary N) is 4. The number of hydrogen-bond donors (Lipinski definition) is 4. The van der Waals surface area contributed by atoms with Crippen LogP contribution in [0.5, 0.6) is 0 Å². The minimum atomic E-state index is -0.319. The van der Waals surface area contributed by atoms with Crippen LogP contribution in [0.1, 0.15) is 20.3 Å². The van der Waals surface area contributed by atoms with E-state index in [9.17, 15) is 14.0 Å². The summed E-state index contributed by atoms with van der Waals surface area (Å²) in [5.74, 6) is 0.316. The van der Waals surface area contributed by atoms with Gasteiger partial charge < -0.3 is 20.4 Å². The third-order valence-corrected chi connectivity index (χ3v) is 4.66. The molecule has 2 amide bonds. The zero-order chi connectivity index (χ0) is 18.9. The quantitative estimate of drug-likeness (QED) is 0.463. The van der Waals surface area contributed by atoms with Crippen LogP contribution >= 0.6 is 0 Å². The molecule has 7 heteroatoms. The summed E-state index contributed by atoms with van der Waals surface area (Å²) in [6, 6.07) is 5.78. The number of hydrogen-bond acceptors (Lipinski definition) is 2. The normalized spacial score (nSPS) is 20.0. The number of anilines is 1. The molecule has 0 aromatic heterocycles. The molecule has 0 bridgehead atoms. The molecule has 0 unspecified atom stereocenters. The Morgan fingerprint density at radius 1 is 1.00 bits per heavy atom. The van der Waals surface area contributed by atoms with Gasteiger partial charge in [-0.1, -0.05) is 13.8 Å². The maximum atomic E-state index is 12.9. The lowest BCUT2D eigenvalue weighted by molar-refractivity contribution is -1.00. The topological polar surface area (TPSA) is 67.1 Å². The highest BCUT2D eigenvalue weighted by Gasteiger charge is 2.26. The fourth-order valence-corrected chi connectivity index (χ4v) is 3.07. The summed E-state index contributed by atoms with van der Waals surface area (Å²) in [6.45, 7) is 9.44. The van der Waals surface area contributed by atoms with Crippen LogP contribution in [0.15, 0.2) is 24.3 Å². The number of halogens is 1. The van der Waals surface area contributed by atoms with Crippen molar-refractivity contribution < 1.29 is 23.8 Å². The molecule has 0 aliphatic carbocycles. The van der Waals surface area contributed by atoms with Crippen molar-refractivity contribution in [2.75, 3.05) is 51.1 Å². The van der Waals surface area contributed by atoms with E-state index in [2.05, 4.69) is 24.5 Å². The van der Waals surface area contributed by atoms with Gasteiger partial charge in [0, 0.05) is 12.2 Å². The van der Waals surface area contributed by atoms with Crippen molar-refractivity contribution in [1.29, 1.82) is 0 Å². The van der Waals surface area contributed by atoms with Crippen LogP contribution in [0.2, 0.25) is 0 Å². The first-order valence-electron chi connectivity index (χ1n) is 9.41. The summed E-state index contributed by atoms with van der Waals surface area (Å²) in [4.78, 5) is 26.5. The van der Waals surface area contributed by atoms with Gasteiger partial charge in [0.1, 0.15) is 32.0 Å². The summed E-state index contributed by atoms with van der Waals surface area (Å²) >= 11 is 0. The Labute approximate surface area is 154 Å².